The molecule has 0 atom stereocenters. The monoisotopic (exact) mass is 343 g/mol. The second-order valence-corrected chi connectivity index (χ2v) is 6.98. The van der Waals surface area contributed by atoms with Crippen LogP contribution in [0.25, 0.3) is 0 Å². The zero-order chi connectivity index (χ0) is 16.8. The van der Waals surface area contributed by atoms with E-state index in [2.05, 4.69) is 16.3 Å². The van der Waals surface area contributed by atoms with E-state index in [-0.39, 0.29) is 5.91 Å². The van der Waals surface area contributed by atoms with Crippen molar-refractivity contribution in [1.29, 1.82) is 5.26 Å². The predicted molar refractivity (Wildman–Crippen MR) is 93.7 cm³/mol. The number of anilines is 1. The number of carbonyl (C=O) groups excluding carboxylic acids is 1. The minimum Gasteiger partial charge on any atom is -0.468 e. The molecule has 126 valence electrons. The average molecular weight is 343 g/mol. The van der Waals surface area contributed by atoms with Crippen molar-refractivity contribution in [3.63, 3.8) is 0 Å². The summed E-state index contributed by atoms with van der Waals surface area (Å²) in [7, 11) is 0. The third kappa shape index (κ3) is 4.25. The molecule has 0 unspecified atom stereocenters. The maximum Gasteiger partial charge on any atom is 0.226 e. The van der Waals surface area contributed by atoms with Crippen molar-refractivity contribution in [2.45, 2.75) is 44.7 Å². The number of amides is 1. The lowest BCUT2D eigenvalue weighted by Gasteiger charge is -2.27. The number of hydrogen-bond donors (Lipinski definition) is 1. The fourth-order valence-electron chi connectivity index (χ4n) is 3.19. The van der Waals surface area contributed by atoms with Crippen molar-refractivity contribution < 1.29 is 9.21 Å². The van der Waals surface area contributed by atoms with Crippen LogP contribution in [-0.2, 0) is 11.3 Å². The highest BCUT2D eigenvalue weighted by Gasteiger charge is 2.24. The van der Waals surface area contributed by atoms with Crippen LogP contribution in [0, 0.1) is 11.3 Å². The minimum atomic E-state index is -0.0450. The Morgan fingerprint density at radius 2 is 2.25 bits per heavy atom. The van der Waals surface area contributed by atoms with Gasteiger partial charge in [0.15, 0.2) is 0 Å². The number of nitrogens with zero attached hydrogens (tertiary/aromatic N) is 2. The smallest absolute Gasteiger partial charge is 0.226 e. The first kappa shape index (κ1) is 16.7. The van der Waals surface area contributed by atoms with Crippen molar-refractivity contribution in [1.82, 2.24) is 4.90 Å². The number of thiophene rings is 1. The lowest BCUT2D eigenvalue weighted by Crippen LogP contribution is -2.35. The molecule has 0 aromatic carbocycles. The summed E-state index contributed by atoms with van der Waals surface area (Å²) in [5, 5.41) is 14.3. The van der Waals surface area contributed by atoms with Crippen molar-refractivity contribution in [3.8, 4) is 6.07 Å². The van der Waals surface area contributed by atoms with Gasteiger partial charge in [-0.1, -0.05) is 12.8 Å². The SMILES string of the molecule is N#Cc1ccsc1NC(=O)CCN(Cc1ccco1)C1CCCC1. The molecule has 3 rings (SSSR count). The highest BCUT2D eigenvalue weighted by atomic mass is 32.1. The fourth-order valence-corrected chi connectivity index (χ4v) is 3.94. The van der Waals surface area contributed by atoms with Crippen LogP contribution < -0.4 is 5.32 Å². The molecule has 1 fully saturated rings. The second-order valence-electron chi connectivity index (χ2n) is 6.06. The normalized spacial score (nSPS) is 14.8. The first-order chi connectivity index (χ1) is 11.8. The molecular formula is C18H21N3O2S. The third-order valence-corrected chi connectivity index (χ3v) is 5.27. The predicted octanol–water partition coefficient (Wildman–Crippen LogP) is 3.99. The summed E-state index contributed by atoms with van der Waals surface area (Å²) < 4.78 is 5.47. The zero-order valence-electron chi connectivity index (χ0n) is 13.5. The first-order valence-electron chi connectivity index (χ1n) is 8.30. The topological polar surface area (TPSA) is 69.3 Å². The summed E-state index contributed by atoms with van der Waals surface area (Å²) in [6.07, 6.45) is 6.99. The Bertz CT molecular complexity index is 696. The van der Waals surface area contributed by atoms with Gasteiger partial charge in [-0.05, 0) is 36.4 Å². The van der Waals surface area contributed by atoms with Crippen LogP contribution in [0.15, 0.2) is 34.3 Å². The van der Waals surface area contributed by atoms with Crippen molar-refractivity contribution in [2.75, 3.05) is 11.9 Å². The Morgan fingerprint density at radius 1 is 1.42 bits per heavy atom. The molecule has 5 nitrogen and oxygen atoms in total. The number of furan rings is 1. The summed E-state index contributed by atoms with van der Waals surface area (Å²) >= 11 is 1.38. The first-order valence-corrected chi connectivity index (χ1v) is 9.18. The van der Waals surface area contributed by atoms with Gasteiger partial charge in [0, 0.05) is 19.0 Å². The summed E-state index contributed by atoms with van der Waals surface area (Å²) in [5.41, 5.74) is 0.525. The van der Waals surface area contributed by atoms with Crippen LogP contribution in [0.2, 0.25) is 0 Å². The fraction of sp³-hybridized carbons (Fsp3) is 0.444. The van der Waals surface area contributed by atoms with E-state index in [9.17, 15) is 4.79 Å². The van der Waals surface area contributed by atoms with Gasteiger partial charge in [-0.15, -0.1) is 11.3 Å². The van der Waals surface area contributed by atoms with Crippen LogP contribution in [0.4, 0.5) is 5.00 Å². The Hall–Kier alpha value is -2.10. The summed E-state index contributed by atoms with van der Waals surface area (Å²) in [5.74, 6) is 0.892. The van der Waals surface area contributed by atoms with Crippen molar-refractivity contribution in [3.05, 3.63) is 41.2 Å². The standard InChI is InChI=1S/C18H21N3O2S/c19-12-14-8-11-24-18(14)20-17(22)7-9-21(15-4-1-2-5-15)13-16-6-3-10-23-16/h3,6,8,10-11,15H,1-2,4-5,7,9,13H2,(H,20,22). The summed E-state index contributed by atoms with van der Waals surface area (Å²) in [6.45, 7) is 1.44. The average Bonchev–Trinajstić information content (AvgIpc) is 3.32. The molecule has 2 heterocycles. The lowest BCUT2D eigenvalue weighted by molar-refractivity contribution is -0.116. The van der Waals surface area contributed by atoms with E-state index < -0.39 is 0 Å². The van der Waals surface area contributed by atoms with Gasteiger partial charge < -0.3 is 9.73 Å². The molecule has 1 aliphatic carbocycles. The number of nitrogens with one attached hydrogen (secondary N) is 1. The van der Waals surface area contributed by atoms with Crippen LogP contribution in [0.1, 0.15) is 43.4 Å². The minimum absolute atomic E-state index is 0.0450. The van der Waals surface area contributed by atoms with E-state index in [1.54, 1.807) is 12.3 Å². The Labute approximate surface area is 145 Å². The van der Waals surface area contributed by atoms with Crippen LogP contribution in [0.5, 0.6) is 0 Å². The molecule has 1 amide bonds. The van der Waals surface area contributed by atoms with E-state index in [1.807, 2.05) is 17.5 Å². The molecule has 2 aromatic rings. The van der Waals surface area contributed by atoms with E-state index in [0.29, 0.717) is 29.6 Å². The van der Waals surface area contributed by atoms with Gasteiger partial charge in [0.2, 0.25) is 5.91 Å². The molecule has 1 aliphatic rings. The quantitative estimate of drug-likeness (QED) is 0.825. The number of nitriles is 1. The van der Waals surface area contributed by atoms with Crippen LogP contribution in [0.3, 0.4) is 0 Å². The summed E-state index contributed by atoms with van der Waals surface area (Å²) in [6, 6.07) is 8.22. The molecule has 6 heteroatoms. The number of rotatable bonds is 7. The van der Waals surface area contributed by atoms with Crippen molar-refractivity contribution >= 4 is 22.2 Å². The van der Waals surface area contributed by atoms with E-state index in [0.717, 1.165) is 12.3 Å². The maximum absolute atomic E-state index is 12.2. The summed E-state index contributed by atoms with van der Waals surface area (Å²) in [4.78, 5) is 14.6. The Balaban J connectivity index is 1.56. The van der Waals surface area contributed by atoms with Gasteiger partial charge in [0.25, 0.3) is 0 Å². The van der Waals surface area contributed by atoms with E-state index in [1.165, 1.54) is 37.0 Å². The molecular weight excluding hydrogens is 322 g/mol. The molecule has 0 radical (unpaired) electrons. The van der Waals surface area contributed by atoms with Crippen LogP contribution >= 0.6 is 11.3 Å². The van der Waals surface area contributed by atoms with Gasteiger partial charge in [-0.25, -0.2) is 0 Å². The van der Waals surface area contributed by atoms with Gasteiger partial charge in [0.05, 0.1) is 18.4 Å². The maximum atomic E-state index is 12.2. The van der Waals surface area contributed by atoms with E-state index in [4.69, 9.17) is 9.68 Å². The van der Waals surface area contributed by atoms with E-state index >= 15 is 0 Å². The van der Waals surface area contributed by atoms with Gasteiger partial charge >= 0.3 is 0 Å². The van der Waals surface area contributed by atoms with Gasteiger partial charge in [0.1, 0.15) is 16.8 Å². The molecule has 0 bridgehead atoms. The number of hydrogen-bond acceptors (Lipinski definition) is 5. The van der Waals surface area contributed by atoms with Gasteiger partial charge in [-0.3, -0.25) is 9.69 Å². The molecule has 24 heavy (non-hydrogen) atoms. The molecule has 1 saturated carbocycles. The highest BCUT2D eigenvalue weighted by molar-refractivity contribution is 7.14. The molecule has 0 saturated heterocycles. The van der Waals surface area contributed by atoms with Crippen LogP contribution in [-0.4, -0.2) is 23.4 Å². The molecule has 0 spiro atoms. The lowest BCUT2D eigenvalue weighted by atomic mass is 10.2. The zero-order valence-corrected chi connectivity index (χ0v) is 14.3. The number of carbonyl (C=O) groups is 1. The molecule has 2 aromatic heterocycles. The Morgan fingerprint density at radius 3 is 2.96 bits per heavy atom. The Kier molecular flexibility index (Phi) is 5.68. The second kappa shape index (κ2) is 8.13. The van der Waals surface area contributed by atoms with Gasteiger partial charge in [-0.2, -0.15) is 5.26 Å². The molecule has 1 N–H and O–H groups in total. The third-order valence-electron chi connectivity index (χ3n) is 4.44. The largest absolute Gasteiger partial charge is 0.468 e. The highest BCUT2D eigenvalue weighted by Crippen LogP contribution is 2.26. The molecule has 0 aliphatic heterocycles. The van der Waals surface area contributed by atoms with Crippen molar-refractivity contribution in [2.24, 2.45) is 0 Å².